The quantitative estimate of drug-likeness (QED) is 0.943. The van der Waals surface area contributed by atoms with Crippen LogP contribution in [0.3, 0.4) is 0 Å². The van der Waals surface area contributed by atoms with E-state index in [9.17, 15) is 9.59 Å². The van der Waals surface area contributed by atoms with Crippen LogP contribution in [0.1, 0.15) is 58.0 Å². The Labute approximate surface area is 141 Å². The van der Waals surface area contributed by atoms with Gasteiger partial charge < -0.3 is 10.6 Å². The van der Waals surface area contributed by atoms with Gasteiger partial charge in [-0.2, -0.15) is 0 Å². The Morgan fingerprint density at radius 2 is 1.62 bits per heavy atom. The van der Waals surface area contributed by atoms with Gasteiger partial charge in [0.05, 0.1) is 6.04 Å². The van der Waals surface area contributed by atoms with Gasteiger partial charge in [-0.05, 0) is 54.8 Å². The third-order valence-corrected chi connectivity index (χ3v) is 4.52. The number of likely N-dealkylation sites (tertiary alicyclic amines) is 1. The Morgan fingerprint density at radius 3 is 2.29 bits per heavy atom. The van der Waals surface area contributed by atoms with Crippen molar-refractivity contribution in [1.82, 2.24) is 9.88 Å². The molecule has 1 aliphatic rings. The summed E-state index contributed by atoms with van der Waals surface area (Å²) in [6.45, 7) is 0.739. The molecule has 1 saturated heterocycles. The van der Waals surface area contributed by atoms with Crippen molar-refractivity contribution in [3.63, 3.8) is 0 Å². The third kappa shape index (κ3) is 3.45. The molecule has 1 aromatic heterocycles. The minimum atomic E-state index is -0.488. The van der Waals surface area contributed by atoms with E-state index in [2.05, 4.69) is 4.98 Å². The van der Waals surface area contributed by atoms with E-state index in [1.165, 1.54) is 0 Å². The zero-order valence-corrected chi connectivity index (χ0v) is 13.5. The van der Waals surface area contributed by atoms with Crippen molar-refractivity contribution in [2.45, 2.75) is 31.7 Å². The fourth-order valence-electron chi connectivity index (χ4n) is 3.23. The average Bonchev–Trinajstić information content (AvgIpc) is 2.88. The summed E-state index contributed by atoms with van der Waals surface area (Å²) in [5, 5.41) is 0. The molecule has 5 heteroatoms. The lowest BCUT2D eigenvalue weighted by molar-refractivity contribution is 0.0680. The molecule has 2 heterocycles. The van der Waals surface area contributed by atoms with E-state index in [-0.39, 0.29) is 11.9 Å². The molecule has 2 amide bonds. The molecule has 3 rings (SSSR count). The number of pyridine rings is 1. The van der Waals surface area contributed by atoms with Gasteiger partial charge in [-0.1, -0.05) is 12.8 Å². The predicted molar refractivity (Wildman–Crippen MR) is 91.4 cm³/mol. The standard InChI is InChI=1S/C19H21N3O2/c20-18(23)15-5-7-16(8-6-15)19(24)22-13-3-1-2-4-17(22)14-9-11-21-12-10-14/h5-12,17H,1-4,13H2,(H2,20,23). The Morgan fingerprint density at radius 1 is 0.958 bits per heavy atom. The molecule has 1 aromatic carbocycles. The van der Waals surface area contributed by atoms with Crippen molar-refractivity contribution in [2.24, 2.45) is 5.73 Å². The first-order valence-corrected chi connectivity index (χ1v) is 8.27. The van der Waals surface area contributed by atoms with Crippen LogP contribution in [-0.2, 0) is 0 Å². The second kappa shape index (κ2) is 7.25. The normalized spacial score (nSPS) is 18.0. The van der Waals surface area contributed by atoms with Gasteiger partial charge in [-0.25, -0.2) is 0 Å². The lowest BCUT2D eigenvalue weighted by Crippen LogP contribution is -2.34. The Hall–Kier alpha value is -2.69. The summed E-state index contributed by atoms with van der Waals surface area (Å²) in [7, 11) is 0. The molecule has 5 nitrogen and oxygen atoms in total. The minimum Gasteiger partial charge on any atom is -0.366 e. The van der Waals surface area contributed by atoms with Crippen LogP contribution in [0.15, 0.2) is 48.8 Å². The van der Waals surface area contributed by atoms with Gasteiger partial charge in [0, 0.05) is 30.1 Å². The van der Waals surface area contributed by atoms with Gasteiger partial charge in [-0.3, -0.25) is 14.6 Å². The maximum Gasteiger partial charge on any atom is 0.254 e. The topological polar surface area (TPSA) is 76.3 Å². The highest BCUT2D eigenvalue weighted by Gasteiger charge is 2.27. The zero-order chi connectivity index (χ0) is 16.9. The van der Waals surface area contributed by atoms with E-state index in [0.717, 1.165) is 37.8 Å². The molecule has 2 aromatic rings. The van der Waals surface area contributed by atoms with E-state index in [4.69, 9.17) is 5.73 Å². The number of carbonyl (C=O) groups excluding carboxylic acids is 2. The molecule has 0 saturated carbocycles. The van der Waals surface area contributed by atoms with Crippen LogP contribution in [0.25, 0.3) is 0 Å². The molecular formula is C19H21N3O2. The highest BCUT2D eigenvalue weighted by atomic mass is 16.2. The number of aromatic nitrogens is 1. The van der Waals surface area contributed by atoms with E-state index >= 15 is 0 Å². The number of carbonyl (C=O) groups is 2. The number of hydrogen-bond donors (Lipinski definition) is 1. The first-order valence-electron chi connectivity index (χ1n) is 8.27. The number of amides is 2. The highest BCUT2D eigenvalue weighted by molar-refractivity contribution is 5.97. The lowest BCUT2D eigenvalue weighted by Gasteiger charge is -2.30. The van der Waals surface area contributed by atoms with Gasteiger partial charge in [0.15, 0.2) is 0 Å². The van der Waals surface area contributed by atoms with Crippen LogP contribution >= 0.6 is 0 Å². The summed E-state index contributed by atoms with van der Waals surface area (Å²) in [5.41, 5.74) is 7.38. The van der Waals surface area contributed by atoms with Crippen LogP contribution in [0.4, 0.5) is 0 Å². The van der Waals surface area contributed by atoms with Crippen LogP contribution in [0.5, 0.6) is 0 Å². The maximum absolute atomic E-state index is 13.0. The maximum atomic E-state index is 13.0. The van der Waals surface area contributed by atoms with Crippen LogP contribution in [-0.4, -0.2) is 28.2 Å². The summed E-state index contributed by atoms with van der Waals surface area (Å²) in [6, 6.07) is 10.6. The molecule has 0 radical (unpaired) electrons. The second-order valence-electron chi connectivity index (χ2n) is 6.09. The average molecular weight is 323 g/mol. The van der Waals surface area contributed by atoms with E-state index in [1.807, 2.05) is 17.0 Å². The highest BCUT2D eigenvalue weighted by Crippen LogP contribution is 2.31. The number of benzene rings is 1. The molecule has 1 fully saturated rings. The molecule has 0 bridgehead atoms. The Kier molecular flexibility index (Phi) is 4.89. The number of hydrogen-bond acceptors (Lipinski definition) is 3. The fraction of sp³-hybridized carbons (Fsp3) is 0.316. The number of rotatable bonds is 3. The Balaban J connectivity index is 1.88. The van der Waals surface area contributed by atoms with Crippen LogP contribution in [0.2, 0.25) is 0 Å². The molecule has 0 aliphatic carbocycles. The van der Waals surface area contributed by atoms with Crippen molar-refractivity contribution in [3.05, 3.63) is 65.5 Å². The summed E-state index contributed by atoms with van der Waals surface area (Å²) in [6.07, 6.45) is 7.74. The van der Waals surface area contributed by atoms with Gasteiger partial charge in [0.25, 0.3) is 5.91 Å². The molecule has 1 atom stereocenters. The van der Waals surface area contributed by atoms with Crippen molar-refractivity contribution >= 4 is 11.8 Å². The lowest BCUT2D eigenvalue weighted by atomic mass is 10.0. The smallest absolute Gasteiger partial charge is 0.254 e. The first-order chi connectivity index (χ1) is 11.7. The molecule has 1 aliphatic heterocycles. The first kappa shape index (κ1) is 16.2. The van der Waals surface area contributed by atoms with Crippen molar-refractivity contribution < 1.29 is 9.59 Å². The monoisotopic (exact) mass is 323 g/mol. The summed E-state index contributed by atoms with van der Waals surface area (Å²) < 4.78 is 0. The number of primary amides is 1. The molecule has 124 valence electrons. The SMILES string of the molecule is NC(=O)c1ccc(C(=O)N2CCCCCC2c2ccncc2)cc1. The van der Waals surface area contributed by atoms with E-state index in [0.29, 0.717) is 11.1 Å². The fourth-order valence-corrected chi connectivity index (χ4v) is 3.23. The van der Waals surface area contributed by atoms with Crippen molar-refractivity contribution in [2.75, 3.05) is 6.54 Å². The largest absolute Gasteiger partial charge is 0.366 e. The van der Waals surface area contributed by atoms with Crippen LogP contribution in [0, 0.1) is 0 Å². The summed E-state index contributed by atoms with van der Waals surface area (Å²) in [4.78, 5) is 30.2. The number of nitrogens with zero attached hydrogens (tertiary/aromatic N) is 2. The Bertz CT molecular complexity index is 713. The van der Waals surface area contributed by atoms with Gasteiger partial charge in [0.2, 0.25) is 5.91 Å². The third-order valence-electron chi connectivity index (χ3n) is 4.52. The van der Waals surface area contributed by atoms with E-state index < -0.39 is 5.91 Å². The zero-order valence-electron chi connectivity index (χ0n) is 13.5. The number of nitrogens with two attached hydrogens (primary N) is 1. The molecule has 0 spiro atoms. The van der Waals surface area contributed by atoms with Gasteiger partial charge in [0.1, 0.15) is 0 Å². The summed E-state index contributed by atoms with van der Waals surface area (Å²) >= 11 is 0. The predicted octanol–water partition coefficient (Wildman–Crippen LogP) is 2.94. The minimum absolute atomic E-state index is 0.00488. The van der Waals surface area contributed by atoms with Crippen molar-refractivity contribution in [3.8, 4) is 0 Å². The second-order valence-corrected chi connectivity index (χ2v) is 6.09. The van der Waals surface area contributed by atoms with Crippen LogP contribution < -0.4 is 5.73 Å². The van der Waals surface area contributed by atoms with Gasteiger partial charge in [-0.15, -0.1) is 0 Å². The van der Waals surface area contributed by atoms with Crippen molar-refractivity contribution in [1.29, 1.82) is 0 Å². The molecule has 24 heavy (non-hydrogen) atoms. The van der Waals surface area contributed by atoms with Gasteiger partial charge >= 0.3 is 0 Å². The molecule has 2 N–H and O–H groups in total. The molecule has 1 unspecified atom stereocenters. The summed E-state index contributed by atoms with van der Waals surface area (Å²) in [5.74, 6) is -0.492. The van der Waals surface area contributed by atoms with E-state index in [1.54, 1.807) is 36.7 Å². The molecular weight excluding hydrogens is 302 g/mol.